The lowest BCUT2D eigenvalue weighted by Gasteiger charge is -2.09. The Labute approximate surface area is 181 Å². The van der Waals surface area contributed by atoms with Gasteiger partial charge in [-0.3, -0.25) is 9.52 Å². The summed E-state index contributed by atoms with van der Waals surface area (Å²) in [4.78, 5) is 12.3. The molecule has 0 aliphatic carbocycles. The fourth-order valence-electron chi connectivity index (χ4n) is 2.32. The van der Waals surface area contributed by atoms with Crippen LogP contribution in [0, 0.1) is 0 Å². The van der Waals surface area contributed by atoms with Crippen LogP contribution in [0.2, 0.25) is 5.02 Å². The summed E-state index contributed by atoms with van der Waals surface area (Å²) in [6, 6.07) is 19.3. The molecule has 0 aliphatic rings. The predicted octanol–water partition coefficient (Wildman–Crippen LogP) is 4.67. The number of anilines is 1. The van der Waals surface area contributed by atoms with Gasteiger partial charge < -0.3 is 0 Å². The molecule has 29 heavy (non-hydrogen) atoms. The lowest BCUT2D eigenvalue weighted by Crippen LogP contribution is -2.19. The average molecular weight is 493 g/mol. The van der Waals surface area contributed by atoms with E-state index in [2.05, 4.69) is 31.2 Å². The largest absolute Gasteiger partial charge is 0.280 e. The van der Waals surface area contributed by atoms with E-state index in [4.69, 9.17) is 11.6 Å². The molecule has 0 saturated heterocycles. The van der Waals surface area contributed by atoms with Crippen molar-refractivity contribution in [1.29, 1.82) is 0 Å². The first kappa shape index (κ1) is 21.0. The van der Waals surface area contributed by atoms with Gasteiger partial charge in [0, 0.05) is 20.7 Å². The van der Waals surface area contributed by atoms with Crippen molar-refractivity contribution in [3.05, 3.63) is 93.4 Å². The molecule has 0 aliphatic heterocycles. The Hall–Kier alpha value is -2.68. The van der Waals surface area contributed by atoms with Crippen molar-refractivity contribution in [2.75, 3.05) is 4.72 Å². The zero-order chi connectivity index (χ0) is 20.9. The van der Waals surface area contributed by atoms with Crippen molar-refractivity contribution < 1.29 is 13.2 Å². The van der Waals surface area contributed by atoms with Gasteiger partial charge in [0.05, 0.1) is 11.1 Å². The number of hydrogen-bond acceptors (Lipinski definition) is 4. The number of carbonyl (C=O) groups excluding carboxylic acids is 1. The van der Waals surface area contributed by atoms with Gasteiger partial charge in [-0.15, -0.1) is 0 Å². The third-order valence-electron chi connectivity index (χ3n) is 3.75. The summed E-state index contributed by atoms with van der Waals surface area (Å²) >= 11 is 9.15. The molecule has 0 saturated carbocycles. The quantitative estimate of drug-likeness (QED) is 0.387. The maximum atomic E-state index is 12.6. The van der Waals surface area contributed by atoms with Crippen molar-refractivity contribution in [2.45, 2.75) is 4.90 Å². The van der Waals surface area contributed by atoms with E-state index in [1.165, 1.54) is 30.5 Å². The minimum absolute atomic E-state index is 0.0445. The third-order valence-corrected chi connectivity index (χ3v) is 5.91. The summed E-state index contributed by atoms with van der Waals surface area (Å²) in [6.07, 6.45) is 1.49. The van der Waals surface area contributed by atoms with Crippen LogP contribution in [0.5, 0.6) is 0 Å². The molecule has 9 heteroatoms. The van der Waals surface area contributed by atoms with Crippen LogP contribution < -0.4 is 10.1 Å². The van der Waals surface area contributed by atoms with Gasteiger partial charge in [0.1, 0.15) is 0 Å². The molecule has 0 radical (unpaired) electrons. The highest BCUT2D eigenvalue weighted by Gasteiger charge is 2.16. The summed E-state index contributed by atoms with van der Waals surface area (Å²) < 4.78 is 28.5. The molecule has 0 heterocycles. The number of hydrogen-bond donors (Lipinski definition) is 2. The molecular formula is C20H15BrClN3O3S. The highest BCUT2D eigenvalue weighted by Crippen LogP contribution is 2.19. The van der Waals surface area contributed by atoms with E-state index < -0.39 is 15.9 Å². The van der Waals surface area contributed by atoms with Gasteiger partial charge in [0.25, 0.3) is 15.9 Å². The first-order chi connectivity index (χ1) is 13.8. The van der Waals surface area contributed by atoms with Crippen LogP contribution >= 0.6 is 27.5 Å². The van der Waals surface area contributed by atoms with Gasteiger partial charge >= 0.3 is 0 Å². The number of nitrogens with zero attached hydrogens (tertiary/aromatic N) is 1. The number of nitrogens with one attached hydrogen (secondary N) is 2. The molecule has 3 aromatic rings. The van der Waals surface area contributed by atoms with Crippen LogP contribution in [0.3, 0.4) is 0 Å². The first-order valence-corrected chi connectivity index (χ1v) is 11.0. The van der Waals surface area contributed by atoms with Crippen molar-refractivity contribution in [2.24, 2.45) is 5.10 Å². The molecule has 0 spiro atoms. The van der Waals surface area contributed by atoms with Crippen LogP contribution in [-0.4, -0.2) is 20.5 Å². The highest BCUT2D eigenvalue weighted by atomic mass is 79.9. The molecule has 1 amide bonds. The summed E-state index contributed by atoms with van der Waals surface area (Å²) in [7, 11) is -3.87. The fourth-order valence-corrected chi connectivity index (χ4v) is 3.81. The van der Waals surface area contributed by atoms with Crippen molar-refractivity contribution in [3.63, 3.8) is 0 Å². The van der Waals surface area contributed by atoms with Gasteiger partial charge in [-0.1, -0.05) is 45.7 Å². The Bertz CT molecular complexity index is 1150. The smallest absolute Gasteiger partial charge is 0.271 e. The van der Waals surface area contributed by atoms with Gasteiger partial charge in [0.2, 0.25) is 0 Å². The lowest BCUT2D eigenvalue weighted by atomic mass is 10.2. The molecule has 0 aromatic heterocycles. The standard InChI is InChI=1S/C20H15BrClN3O3S/c21-16-6-4-14(5-7-16)13-23-24-20(26)15-2-1-3-19(12-15)29(27,28)25-18-10-8-17(22)9-11-18/h1-13,25H,(H,24,26). The topological polar surface area (TPSA) is 87.6 Å². The zero-order valence-corrected chi connectivity index (χ0v) is 18.0. The Morgan fingerprint density at radius 3 is 2.38 bits per heavy atom. The summed E-state index contributed by atoms with van der Waals surface area (Å²) in [6.45, 7) is 0. The third kappa shape index (κ3) is 5.90. The summed E-state index contributed by atoms with van der Waals surface area (Å²) in [5, 5.41) is 4.39. The molecule has 0 atom stereocenters. The second kappa shape index (κ2) is 9.21. The van der Waals surface area contributed by atoms with E-state index in [1.54, 1.807) is 24.3 Å². The maximum Gasteiger partial charge on any atom is 0.271 e. The Morgan fingerprint density at radius 2 is 1.69 bits per heavy atom. The second-order valence-electron chi connectivity index (χ2n) is 5.89. The van der Waals surface area contributed by atoms with Crippen LogP contribution in [0.15, 0.2) is 87.3 Å². The minimum Gasteiger partial charge on any atom is -0.280 e. The fraction of sp³-hybridized carbons (Fsp3) is 0. The highest BCUT2D eigenvalue weighted by molar-refractivity contribution is 9.10. The van der Waals surface area contributed by atoms with Crippen molar-refractivity contribution in [3.8, 4) is 0 Å². The van der Waals surface area contributed by atoms with Crippen LogP contribution in [0.1, 0.15) is 15.9 Å². The summed E-state index contributed by atoms with van der Waals surface area (Å²) in [5.74, 6) is -0.526. The number of halogens is 2. The zero-order valence-electron chi connectivity index (χ0n) is 14.8. The second-order valence-corrected chi connectivity index (χ2v) is 8.93. The molecule has 148 valence electrons. The molecule has 3 aromatic carbocycles. The van der Waals surface area contributed by atoms with E-state index >= 15 is 0 Å². The van der Waals surface area contributed by atoms with Gasteiger partial charge in [0.15, 0.2) is 0 Å². The molecule has 6 nitrogen and oxygen atoms in total. The lowest BCUT2D eigenvalue weighted by molar-refractivity contribution is 0.0955. The van der Waals surface area contributed by atoms with Gasteiger partial charge in [-0.25, -0.2) is 13.8 Å². The Balaban J connectivity index is 1.71. The van der Waals surface area contributed by atoms with E-state index in [0.29, 0.717) is 10.7 Å². The van der Waals surface area contributed by atoms with Gasteiger partial charge in [-0.2, -0.15) is 5.10 Å². The van der Waals surface area contributed by atoms with E-state index in [1.807, 2.05) is 24.3 Å². The first-order valence-electron chi connectivity index (χ1n) is 8.31. The molecule has 3 rings (SSSR count). The van der Waals surface area contributed by atoms with Crippen LogP contribution in [-0.2, 0) is 10.0 Å². The molecular weight excluding hydrogens is 478 g/mol. The monoisotopic (exact) mass is 491 g/mol. The van der Waals surface area contributed by atoms with Gasteiger partial charge in [-0.05, 0) is 60.2 Å². The molecule has 0 unspecified atom stereocenters. The van der Waals surface area contributed by atoms with Crippen molar-refractivity contribution >= 4 is 55.4 Å². The van der Waals surface area contributed by atoms with E-state index in [-0.39, 0.29) is 10.5 Å². The SMILES string of the molecule is O=C(NN=Cc1ccc(Br)cc1)c1cccc(S(=O)(=O)Nc2ccc(Cl)cc2)c1. The summed E-state index contributed by atoms with van der Waals surface area (Å²) in [5.41, 5.74) is 3.72. The molecule has 2 N–H and O–H groups in total. The van der Waals surface area contributed by atoms with Crippen molar-refractivity contribution in [1.82, 2.24) is 5.43 Å². The Kier molecular flexibility index (Phi) is 6.68. The predicted molar refractivity (Wildman–Crippen MR) is 118 cm³/mol. The average Bonchev–Trinajstić information content (AvgIpc) is 2.71. The van der Waals surface area contributed by atoms with Crippen LogP contribution in [0.25, 0.3) is 0 Å². The number of rotatable bonds is 6. The molecule has 0 fully saturated rings. The number of benzene rings is 3. The van der Waals surface area contributed by atoms with E-state index in [0.717, 1.165) is 10.0 Å². The Morgan fingerprint density at radius 1 is 1.00 bits per heavy atom. The molecule has 0 bridgehead atoms. The minimum atomic E-state index is -3.87. The van der Waals surface area contributed by atoms with Crippen LogP contribution in [0.4, 0.5) is 5.69 Å². The normalized spacial score (nSPS) is 11.4. The number of hydrazone groups is 1. The number of carbonyl (C=O) groups is 1. The number of sulfonamides is 1. The maximum absolute atomic E-state index is 12.6. The van der Waals surface area contributed by atoms with E-state index in [9.17, 15) is 13.2 Å². The number of amides is 1.